The van der Waals surface area contributed by atoms with Crippen LogP contribution in [-0.4, -0.2) is 60.0 Å². The van der Waals surface area contributed by atoms with E-state index in [2.05, 4.69) is 15.5 Å². The van der Waals surface area contributed by atoms with E-state index in [1.165, 1.54) is 0 Å². The van der Waals surface area contributed by atoms with Gasteiger partial charge in [-0.2, -0.15) is 0 Å². The van der Waals surface area contributed by atoms with Gasteiger partial charge in [0.1, 0.15) is 25.1 Å². The summed E-state index contributed by atoms with van der Waals surface area (Å²) >= 11 is 0. The summed E-state index contributed by atoms with van der Waals surface area (Å²) in [5.41, 5.74) is 1.55. The summed E-state index contributed by atoms with van der Waals surface area (Å²) < 4.78 is 11.2. The molecule has 1 fully saturated rings. The Hall–Kier alpha value is -2.97. The van der Waals surface area contributed by atoms with Crippen LogP contribution in [0.2, 0.25) is 0 Å². The molecule has 31 heavy (non-hydrogen) atoms. The summed E-state index contributed by atoms with van der Waals surface area (Å²) in [5.74, 6) is 1.46. The first-order valence-electron chi connectivity index (χ1n) is 10.7. The van der Waals surface area contributed by atoms with Crippen molar-refractivity contribution in [2.24, 2.45) is 0 Å². The molecule has 2 aromatic carbocycles. The predicted octanol–water partition coefficient (Wildman–Crippen LogP) is 2.16. The number of carbonyl (C=O) groups excluding carboxylic acids is 1. The van der Waals surface area contributed by atoms with Crippen molar-refractivity contribution in [3.8, 4) is 17.2 Å². The molecule has 0 spiro atoms. The molecule has 2 aliphatic heterocycles. The molecule has 166 valence electrons. The minimum absolute atomic E-state index is 0.182. The van der Waals surface area contributed by atoms with Gasteiger partial charge in [-0.25, -0.2) is 4.79 Å². The highest BCUT2D eigenvalue weighted by Gasteiger charge is 2.27. The van der Waals surface area contributed by atoms with Crippen molar-refractivity contribution >= 4 is 6.03 Å². The number of nitrogens with one attached hydrogen (secondary N) is 2. The van der Waals surface area contributed by atoms with E-state index in [-0.39, 0.29) is 11.8 Å². The van der Waals surface area contributed by atoms with Crippen LogP contribution in [0.25, 0.3) is 0 Å². The SMILES string of the molecule is O=C(NCc1ccc(O)cc1)NC(CN1CCCC1)C(O)c1ccc2c(c1)OCCO2. The molecule has 2 aliphatic rings. The van der Waals surface area contributed by atoms with Crippen LogP contribution in [0, 0.1) is 0 Å². The molecule has 0 aromatic heterocycles. The van der Waals surface area contributed by atoms with Gasteiger partial charge in [0, 0.05) is 13.1 Å². The van der Waals surface area contributed by atoms with Gasteiger partial charge in [-0.1, -0.05) is 18.2 Å². The van der Waals surface area contributed by atoms with Crippen molar-refractivity contribution in [1.82, 2.24) is 15.5 Å². The van der Waals surface area contributed by atoms with Gasteiger partial charge in [-0.15, -0.1) is 0 Å². The Balaban J connectivity index is 1.42. The van der Waals surface area contributed by atoms with Crippen LogP contribution in [0.5, 0.6) is 17.2 Å². The number of aromatic hydroxyl groups is 1. The lowest BCUT2D eigenvalue weighted by Crippen LogP contribution is -2.49. The topological polar surface area (TPSA) is 103 Å². The van der Waals surface area contributed by atoms with Crippen LogP contribution in [-0.2, 0) is 6.54 Å². The number of phenolic OH excluding ortho intramolecular Hbond substituents is 1. The van der Waals surface area contributed by atoms with Crippen LogP contribution in [0.1, 0.15) is 30.1 Å². The Labute approximate surface area is 181 Å². The Morgan fingerprint density at radius 1 is 1.03 bits per heavy atom. The Morgan fingerprint density at radius 2 is 1.74 bits per heavy atom. The maximum Gasteiger partial charge on any atom is 0.315 e. The number of nitrogens with zero attached hydrogens (tertiary/aromatic N) is 1. The van der Waals surface area contributed by atoms with E-state index in [1.54, 1.807) is 36.4 Å². The van der Waals surface area contributed by atoms with Gasteiger partial charge in [0.2, 0.25) is 0 Å². The van der Waals surface area contributed by atoms with Gasteiger partial charge in [-0.05, 0) is 61.3 Å². The maximum absolute atomic E-state index is 12.6. The van der Waals surface area contributed by atoms with Gasteiger partial charge < -0.3 is 35.2 Å². The van der Waals surface area contributed by atoms with Crippen LogP contribution in [0.15, 0.2) is 42.5 Å². The lowest BCUT2D eigenvalue weighted by atomic mass is 10.0. The number of likely N-dealkylation sites (tertiary alicyclic amines) is 1. The molecule has 2 amide bonds. The normalized spacial score (nSPS) is 17.7. The van der Waals surface area contributed by atoms with E-state index in [1.807, 2.05) is 6.07 Å². The largest absolute Gasteiger partial charge is 0.508 e. The molecule has 0 saturated carbocycles. The van der Waals surface area contributed by atoms with Crippen LogP contribution >= 0.6 is 0 Å². The zero-order valence-electron chi connectivity index (χ0n) is 17.4. The highest BCUT2D eigenvalue weighted by molar-refractivity contribution is 5.74. The quantitative estimate of drug-likeness (QED) is 0.540. The number of hydrogen-bond donors (Lipinski definition) is 4. The molecule has 2 heterocycles. The second-order valence-corrected chi connectivity index (χ2v) is 7.96. The van der Waals surface area contributed by atoms with Crippen LogP contribution in [0.3, 0.4) is 0 Å². The van der Waals surface area contributed by atoms with Gasteiger partial charge >= 0.3 is 6.03 Å². The number of ether oxygens (including phenoxy) is 2. The summed E-state index contributed by atoms with van der Waals surface area (Å²) in [7, 11) is 0. The average Bonchev–Trinajstić information content (AvgIpc) is 3.30. The molecule has 4 rings (SSSR count). The fraction of sp³-hybridized carbons (Fsp3) is 0.435. The maximum atomic E-state index is 12.6. The smallest absolute Gasteiger partial charge is 0.315 e. The Kier molecular flexibility index (Phi) is 6.79. The van der Waals surface area contributed by atoms with E-state index < -0.39 is 12.1 Å². The summed E-state index contributed by atoms with van der Waals surface area (Å²) in [5, 5.41) is 26.3. The number of fused-ring (bicyclic) bond motifs is 1. The molecule has 8 heteroatoms. The first-order valence-corrected chi connectivity index (χ1v) is 10.7. The van der Waals surface area contributed by atoms with Gasteiger partial charge in [-0.3, -0.25) is 0 Å². The van der Waals surface area contributed by atoms with Gasteiger partial charge in [0.25, 0.3) is 0 Å². The number of rotatable bonds is 7. The fourth-order valence-corrected chi connectivity index (χ4v) is 3.96. The molecule has 0 bridgehead atoms. The second-order valence-electron chi connectivity index (χ2n) is 7.96. The van der Waals surface area contributed by atoms with Crippen molar-refractivity contribution in [1.29, 1.82) is 0 Å². The van der Waals surface area contributed by atoms with Crippen molar-refractivity contribution in [2.45, 2.75) is 31.5 Å². The Morgan fingerprint density at radius 3 is 2.48 bits per heavy atom. The number of phenols is 1. The fourth-order valence-electron chi connectivity index (χ4n) is 3.96. The van der Waals surface area contributed by atoms with Crippen LogP contribution in [0.4, 0.5) is 4.79 Å². The van der Waals surface area contributed by atoms with Crippen molar-refractivity contribution in [2.75, 3.05) is 32.8 Å². The zero-order chi connectivity index (χ0) is 21.6. The molecule has 2 atom stereocenters. The molecule has 8 nitrogen and oxygen atoms in total. The molecule has 0 aliphatic carbocycles. The van der Waals surface area contributed by atoms with E-state index in [4.69, 9.17) is 9.47 Å². The molecule has 4 N–H and O–H groups in total. The minimum atomic E-state index is -0.893. The molecule has 0 radical (unpaired) electrons. The number of urea groups is 1. The predicted molar refractivity (Wildman–Crippen MR) is 115 cm³/mol. The number of carbonyl (C=O) groups is 1. The first-order chi connectivity index (χ1) is 15.1. The van der Waals surface area contributed by atoms with E-state index in [9.17, 15) is 15.0 Å². The van der Waals surface area contributed by atoms with E-state index in [0.29, 0.717) is 43.4 Å². The van der Waals surface area contributed by atoms with Crippen molar-refractivity contribution in [3.05, 3.63) is 53.6 Å². The summed E-state index contributed by atoms with van der Waals surface area (Å²) in [6.07, 6.45) is 1.36. The molecule has 2 aromatic rings. The summed E-state index contributed by atoms with van der Waals surface area (Å²) in [6, 6.07) is 11.2. The average molecular weight is 428 g/mol. The second kappa shape index (κ2) is 9.89. The number of hydrogen-bond acceptors (Lipinski definition) is 6. The molecule has 1 saturated heterocycles. The standard InChI is InChI=1S/C23H29N3O5/c27-18-6-3-16(4-7-18)14-24-23(29)25-19(15-26-9-1-2-10-26)22(28)17-5-8-20-21(13-17)31-12-11-30-20/h3-8,13,19,22,27-28H,1-2,9-12,14-15H2,(H2,24,25,29). The first kappa shape index (κ1) is 21.3. The molecule has 2 unspecified atom stereocenters. The van der Waals surface area contributed by atoms with E-state index in [0.717, 1.165) is 31.5 Å². The van der Waals surface area contributed by atoms with Gasteiger partial charge in [0.15, 0.2) is 11.5 Å². The number of benzene rings is 2. The lowest BCUT2D eigenvalue weighted by molar-refractivity contribution is 0.108. The minimum Gasteiger partial charge on any atom is -0.508 e. The number of aliphatic hydroxyl groups excluding tert-OH is 1. The van der Waals surface area contributed by atoms with Crippen molar-refractivity contribution in [3.63, 3.8) is 0 Å². The van der Waals surface area contributed by atoms with Crippen molar-refractivity contribution < 1.29 is 24.5 Å². The van der Waals surface area contributed by atoms with Crippen LogP contribution < -0.4 is 20.1 Å². The van der Waals surface area contributed by atoms with E-state index >= 15 is 0 Å². The third-order valence-corrected chi connectivity index (χ3v) is 5.65. The molecular weight excluding hydrogens is 398 g/mol. The lowest BCUT2D eigenvalue weighted by Gasteiger charge is -2.29. The summed E-state index contributed by atoms with van der Waals surface area (Å²) in [6.45, 7) is 3.78. The third-order valence-electron chi connectivity index (χ3n) is 5.65. The number of aliphatic hydroxyl groups is 1. The Bertz CT molecular complexity index is 883. The number of amides is 2. The third kappa shape index (κ3) is 5.59. The highest BCUT2D eigenvalue weighted by atomic mass is 16.6. The monoisotopic (exact) mass is 427 g/mol. The highest BCUT2D eigenvalue weighted by Crippen LogP contribution is 2.33. The van der Waals surface area contributed by atoms with Gasteiger partial charge in [0.05, 0.1) is 6.04 Å². The summed E-state index contributed by atoms with van der Waals surface area (Å²) in [4.78, 5) is 14.8. The molecular formula is C23H29N3O5. The zero-order valence-corrected chi connectivity index (χ0v) is 17.4.